The Hall–Kier alpha value is -3.93. The Labute approximate surface area is 359 Å². The number of rotatable bonds is 12. The van der Waals surface area contributed by atoms with Crippen molar-refractivity contribution in [1.82, 2.24) is 29.5 Å². The molecule has 0 amide bonds. The second-order valence-corrected chi connectivity index (χ2v) is 15.7. The Balaban J connectivity index is 0. The molecule has 0 fully saturated rings. The molecule has 0 aliphatic rings. The second kappa shape index (κ2) is 24.1. The molecule has 0 atom stereocenters. The Kier molecular flexibility index (Phi) is 23.3. The van der Waals surface area contributed by atoms with Gasteiger partial charge in [0.05, 0.1) is 12.7 Å². The van der Waals surface area contributed by atoms with E-state index in [1.165, 1.54) is 0 Å². The number of aromatic nitrogens is 6. The molecule has 0 spiro atoms. The third kappa shape index (κ3) is 17.6. The number of nitrogens with zero attached hydrogens (tertiary/aromatic N) is 6. The number of hydrogen-bond donors (Lipinski definition) is 1. The Bertz CT molecular complexity index is 1860. The maximum atomic E-state index is 13.2. The summed E-state index contributed by atoms with van der Waals surface area (Å²) >= 11 is 0. The number of ether oxygens (including phenoxy) is 3. The van der Waals surface area contributed by atoms with Crippen molar-refractivity contribution < 1.29 is 48.9 Å². The maximum absolute atomic E-state index is 13.2. The molecule has 0 radical (unpaired) electrons. The number of hydrogen-bond acceptors (Lipinski definition) is 9. The van der Waals surface area contributed by atoms with E-state index in [9.17, 15) is 13.6 Å². The molecule has 57 heavy (non-hydrogen) atoms. The minimum atomic E-state index is -0.550. The molecular formula is C42H63ClF2N7O4W-. The number of aryl methyl sites for hydroxylation is 2. The van der Waals surface area contributed by atoms with Crippen molar-refractivity contribution in [2.75, 3.05) is 19.8 Å². The first kappa shape index (κ1) is 55.2. The van der Waals surface area contributed by atoms with E-state index < -0.39 is 5.60 Å². The molecule has 2 N–H and O–H groups in total. The topological polar surface area (TPSA) is 132 Å². The summed E-state index contributed by atoms with van der Waals surface area (Å²) < 4.78 is 45.6. The number of carbonyl (C=O) groups is 1. The Morgan fingerprint density at radius 2 is 1.23 bits per heavy atom. The van der Waals surface area contributed by atoms with Gasteiger partial charge in [-0.2, -0.15) is 10.2 Å². The number of halogens is 3. The van der Waals surface area contributed by atoms with Crippen molar-refractivity contribution in [3.63, 3.8) is 0 Å². The summed E-state index contributed by atoms with van der Waals surface area (Å²) in [6, 6.07) is 14.8. The van der Waals surface area contributed by atoms with Crippen LogP contribution in [-0.2, 0) is 55.5 Å². The molecule has 318 valence electrons. The predicted molar refractivity (Wildman–Crippen MR) is 224 cm³/mol. The van der Waals surface area contributed by atoms with Crippen LogP contribution >= 0.6 is 12.4 Å². The molecule has 0 saturated carbocycles. The van der Waals surface area contributed by atoms with Crippen molar-refractivity contribution in [1.29, 1.82) is 0 Å². The third-order valence-electron chi connectivity index (χ3n) is 7.58. The fourth-order valence-corrected chi connectivity index (χ4v) is 4.81. The molecule has 2 aromatic heterocycles. The van der Waals surface area contributed by atoms with E-state index in [0.29, 0.717) is 41.1 Å². The number of esters is 1. The summed E-state index contributed by atoms with van der Waals surface area (Å²) in [4.78, 5) is 21.1. The molecular weight excluding hydrogens is 924 g/mol. The maximum Gasteiger partial charge on any atom is 0.306 e. The minimum Gasteiger partial charge on any atom is -0.489 e. The van der Waals surface area contributed by atoms with Crippen LogP contribution < -0.4 is 15.2 Å². The molecule has 2 aromatic carbocycles. The van der Waals surface area contributed by atoms with E-state index in [1.54, 1.807) is 30.1 Å². The summed E-state index contributed by atoms with van der Waals surface area (Å²) in [5, 5.41) is 8.96. The predicted octanol–water partition coefficient (Wildman–Crippen LogP) is 9.61. The van der Waals surface area contributed by atoms with Crippen LogP contribution in [0.3, 0.4) is 0 Å². The van der Waals surface area contributed by atoms with E-state index in [-0.39, 0.29) is 97.7 Å². The fourth-order valence-electron chi connectivity index (χ4n) is 4.81. The zero-order chi connectivity index (χ0) is 39.6. The van der Waals surface area contributed by atoms with Crippen LogP contribution in [0.15, 0.2) is 72.3 Å². The van der Waals surface area contributed by atoms with Gasteiger partial charge in [-0.15, -0.1) is 12.4 Å². The quantitative estimate of drug-likeness (QED) is 0.109. The van der Waals surface area contributed by atoms with E-state index in [1.807, 2.05) is 62.6 Å². The molecule has 15 heteroatoms. The standard InChI is InChI=1S/C23H32FN3O3.C17H23FN4O.CH4.CH3.ClH.W/c1-22(2,3)21-25-20(27(7)26-21)17-9-11-18(12-10-17)29-15-16(14-24)8-13-19(28)30-23(4,5)6;1-17(2,3)16-20-15(21-22(16)4)13-5-7-14(8-6-13)23-11-12(9-18)10-19;;;;/h9-12,14H,8,13,15H2,1-7H3;5-9H,10-11,19H2,1-4H3;1H4;1H3;1H;/q;;;-1;;/b16-14+;12-9+;;;;. The zero-order valence-electron chi connectivity index (χ0n) is 34.8. The van der Waals surface area contributed by atoms with Crippen molar-refractivity contribution in [2.45, 2.75) is 99.0 Å². The zero-order valence-corrected chi connectivity index (χ0v) is 38.5. The Morgan fingerprint density at radius 3 is 1.63 bits per heavy atom. The molecule has 4 rings (SSSR count). The van der Waals surface area contributed by atoms with E-state index in [4.69, 9.17) is 19.9 Å². The van der Waals surface area contributed by atoms with Gasteiger partial charge in [0.15, 0.2) is 17.5 Å². The third-order valence-corrected chi connectivity index (χ3v) is 7.58. The van der Waals surface area contributed by atoms with Crippen LogP contribution in [0.5, 0.6) is 11.5 Å². The van der Waals surface area contributed by atoms with Gasteiger partial charge in [-0.3, -0.25) is 9.48 Å². The number of carbonyl (C=O) groups excluding carboxylic acids is 1. The van der Waals surface area contributed by atoms with Crippen molar-refractivity contribution >= 4 is 18.4 Å². The molecule has 0 unspecified atom stereocenters. The Morgan fingerprint density at radius 1 is 0.737 bits per heavy atom. The average molecular weight is 987 g/mol. The van der Waals surface area contributed by atoms with Crippen LogP contribution in [-0.4, -0.2) is 60.9 Å². The van der Waals surface area contributed by atoms with Gasteiger partial charge in [0, 0.05) is 75.7 Å². The van der Waals surface area contributed by atoms with E-state index >= 15 is 0 Å². The first-order valence-electron chi connectivity index (χ1n) is 17.5. The number of nitrogens with two attached hydrogens (primary N) is 1. The number of benzene rings is 2. The molecule has 4 aromatic rings. The van der Waals surface area contributed by atoms with Gasteiger partial charge < -0.3 is 27.4 Å². The van der Waals surface area contributed by atoms with Crippen LogP contribution in [0.25, 0.3) is 22.8 Å². The summed E-state index contributed by atoms with van der Waals surface area (Å²) in [6.45, 7) is 18.3. The van der Waals surface area contributed by atoms with E-state index in [0.717, 1.165) is 28.6 Å². The van der Waals surface area contributed by atoms with Gasteiger partial charge in [0.25, 0.3) is 0 Å². The molecule has 0 aliphatic carbocycles. The SMILES string of the molecule is C.Cl.Cn1nc(-c2ccc(OC/C(=C/F)CN)cc2)nc1C(C)(C)C.Cn1nc(C(C)(C)C)nc1-c1ccc(OC/C(=C/F)CCC(=O)OC(C)(C)C)cc1.[CH3-].[W]. The van der Waals surface area contributed by atoms with Crippen LogP contribution in [0, 0.1) is 7.43 Å². The van der Waals surface area contributed by atoms with Crippen molar-refractivity contribution in [2.24, 2.45) is 19.8 Å². The monoisotopic (exact) mass is 986 g/mol. The molecule has 2 heterocycles. The summed E-state index contributed by atoms with van der Waals surface area (Å²) in [7, 11) is 3.76. The van der Waals surface area contributed by atoms with Crippen molar-refractivity contribution in [3.8, 4) is 34.3 Å². The molecule has 0 saturated heterocycles. The average Bonchev–Trinajstić information content (AvgIpc) is 3.68. The largest absolute Gasteiger partial charge is 0.489 e. The fraction of sp³-hybridized carbons (Fsp3) is 0.476. The van der Waals surface area contributed by atoms with Crippen LogP contribution in [0.4, 0.5) is 8.78 Å². The minimum absolute atomic E-state index is 0. The van der Waals surface area contributed by atoms with Crippen LogP contribution in [0.2, 0.25) is 0 Å². The van der Waals surface area contributed by atoms with Crippen LogP contribution in [0.1, 0.15) is 94.2 Å². The molecule has 0 aliphatic heterocycles. The summed E-state index contributed by atoms with van der Waals surface area (Å²) in [5.41, 5.74) is 7.27. The van der Waals surface area contributed by atoms with Gasteiger partial charge in [0.2, 0.25) is 0 Å². The normalized spacial score (nSPS) is 11.8. The van der Waals surface area contributed by atoms with Gasteiger partial charge in [-0.05, 0) is 81.3 Å². The van der Waals surface area contributed by atoms with Gasteiger partial charge in [0.1, 0.15) is 36.1 Å². The smallest absolute Gasteiger partial charge is 0.306 e. The van der Waals surface area contributed by atoms with Gasteiger partial charge >= 0.3 is 5.97 Å². The molecule has 11 nitrogen and oxygen atoms in total. The van der Waals surface area contributed by atoms with E-state index in [2.05, 4.69) is 61.7 Å². The van der Waals surface area contributed by atoms with Crippen molar-refractivity contribution in [3.05, 3.63) is 91.4 Å². The first-order valence-corrected chi connectivity index (χ1v) is 17.5. The molecule has 0 bridgehead atoms. The second-order valence-electron chi connectivity index (χ2n) is 15.7. The van der Waals surface area contributed by atoms with Gasteiger partial charge in [-0.1, -0.05) is 49.0 Å². The summed E-state index contributed by atoms with van der Waals surface area (Å²) in [5.74, 6) is 4.05. The first-order chi connectivity index (χ1) is 24.7. The van der Waals surface area contributed by atoms with Gasteiger partial charge in [-0.25, -0.2) is 23.4 Å². The summed E-state index contributed by atoms with van der Waals surface area (Å²) in [6.07, 6.45) is 1.34.